The number of nitrogens with zero attached hydrogens (tertiary/aromatic N) is 1. The maximum atomic E-state index is 12.7. The second kappa shape index (κ2) is 5.79. The summed E-state index contributed by atoms with van der Waals surface area (Å²) in [4.78, 5) is 16.9. The van der Waals surface area contributed by atoms with Gasteiger partial charge in [0.1, 0.15) is 11.6 Å². The summed E-state index contributed by atoms with van der Waals surface area (Å²) in [6.45, 7) is 2.08. The van der Waals surface area contributed by atoms with E-state index in [2.05, 4.69) is 17.2 Å². The summed E-state index contributed by atoms with van der Waals surface area (Å²) >= 11 is 0. The minimum absolute atomic E-state index is 0.0263. The quantitative estimate of drug-likeness (QED) is 0.921. The van der Waals surface area contributed by atoms with Crippen LogP contribution in [0.2, 0.25) is 0 Å². The molecule has 0 spiro atoms. The van der Waals surface area contributed by atoms with E-state index in [1.54, 1.807) is 13.3 Å². The van der Waals surface area contributed by atoms with E-state index in [0.29, 0.717) is 5.82 Å². The SMILES string of the molecule is CCc1ccnc(NC(=O)C2(c3ccc(OC)cc3)CC2)c1. The molecule has 0 bridgehead atoms. The molecule has 0 radical (unpaired) electrons. The number of benzene rings is 1. The molecule has 0 atom stereocenters. The van der Waals surface area contributed by atoms with Crippen molar-refractivity contribution < 1.29 is 9.53 Å². The van der Waals surface area contributed by atoms with E-state index in [-0.39, 0.29) is 5.91 Å². The Hall–Kier alpha value is -2.36. The van der Waals surface area contributed by atoms with Gasteiger partial charge in [-0.15, -0.1) is 0 Å². The minimum atomic E-state index is -0.407. The van der Waals surface area contributed by atoms with Crippen LogP contribution in [0, 0.1) is 0 Å². The van der Waals surface area contributed by atoms with Crippen LogP contribution in [0.4, 0.5) is 5.82 Å². The van der Waals surface area contributed by atoms with Crippen molar-refractivity contribution in [2.75, 3.05) is 12.4 Å². The summed E-state index contributed by atoms with van der Waals surface area (Å²) in [7, 11) is 1.64. The smallest absolute Gasteiger partial charge is 0.236 e. The molecule has 0 aliphatic heterocycles. The monoisotopic (exact) mass is 296 g/mol. The number of amides is 1. The maximum absolute atomic E-state index is 12.7. The van der Waals surface area contributed by atoms with E-state index in [0.717, 1.165) is 30.6 Å². The van der Waals surface area contributed by atoms with Crippen LogP contribution < -0.4 is 10.1 Å². The average Bonchev–Trinajstić information content (AvgIpc) is 3.37. The molecule has 4 nitrogen and oxygen atoms in total. The standard InChI is InChI=1S/C18H20N2O2/c1-3-13-8-11-19-16(12-13)20-17(21)18(9-10-18)14-4-6-15(22-2)7-5-14/h4-8,11-12H,3,9-10H2,1-2H3,(H,19,20,21). The Labute approximate surface area is 130 Å². The summed E-state index contributed by atoms with van der Waals surface area (Å²) < 4.78 is 5.17. The van der Waals surface area contributed by atoms with Gasteiger partial charge in [0.2, 0.25) is 5.91 Å². The van der Waals surface area contributed by atoms with E-state index in [1.807, 2.05) is 36.4 Å². The van der Waals surface area contributed by atoms with Crippen molar-refractivity contribution in [1.82, 2.24) is 4.98 Å². The van der Waals surface area contributed by atoms with Gasteiger partial charge < -0.3 is 10.1 Å². The predicted molar refractivity (Wildman–Crippen MR) is 86.2 cm³/mol. The highest BCUT2D eigenvalue weighted by Crippen LogP contribution is 2.49. The lowest BCUT2D eigenvalue weighted by atomic mass is 9.95. The second-order valence-electron chi connectivity index (χ2n) is 5.67. The number of aromatic nitrogens is 1. The van der Waals surface area contributed by atoms with Crippen molar-refractivity contribution >= 4 is 11.7 Å². The Kier molecular flexibility index (Phi) is 3.84. The third-order valence-electron chi connectivity index (χ3n) is 4.30. The molecule has 1 saturated carbocycles. The molecule has 22 heavy (non-hydrogen) atoms. The van der Waals surface area contributed by atoms with Crippen molar-refractivity contribution in [1.29, 1.82) is 0 Å². The van der Waals surface area contributed by atoms with Crippen LogP contribution in [-0.2, 0) is 16.6 Å². The molecule has 1 aromatic carbocycles. The molecule has 3 rings (SSSR count). The lowest BCUT2D eigenvalue weighted by Crippen LogP contribution is -2.28. The molecule has 1 aliphatic rings. The number of carbonyl (C=O) groups is 1. The number of rotatable bonds is 5. The van der Waals surface area contributed by atoms with Crippen LogP contribution >= 0.6 is 0 Å². The average molecular weight is 296 g/mol. The van der Waals surface area contributed by atoms with Gasteiger partial charge in [0.15, 0.2) is 0 Å². The Morgan fingerprint density at radius 1 is 1.27 bits per heavy atom. The second-order valence-corrected chi connectivity index (χ2v) is 5.67. The lowest BCUT2D eigenvalue weighted by Gasteiger charge is -2.16. The highest BCUT2D eigenvalue weighted by molar-refractivity contribution is 6.00. The first kappa shape index (κ1) is 14.6. The summed E-state index contributed by atoms with van der Waals surface area (Å²) in [6, 6.07) is 11.6. The van der Waals surface area contributed by atoms with Crippen LogP contribution in [0.15, 0.2) is 42.6 Å². The van der Waals surface area contributed by atoms with Crippen molar-refractivity contribution in [3.05, 3.63) is 53.7 Å². The maximum Gasteiger partial charge on any atom is 0.236 e. The molecule has 0 saturated heterocycles. The molecular weight excluding hydrogens is 276 g/mol. The Bertz CT molecular complexity index is 676. The van der Waals surface area contributed by atoms with Crippen molar-refractivity contribution in [2.24, 2.45) is 0 Å². The third-order valence-corrected chi connectivity index (χ3v) is 4.30. The number of methoxy groups -OCH3 is 1. The minimum Gasteiger partial charge on any atom is -0.497 e. The number of ether oxygens (including phenoxy) is 1. The summed E-state index contributed by atoms with van der Waals surface area (Å²) in [6.07, 6.45) is 4.41. The molecular formula is C18H20N2O2. The topological polar surface area (TPSA) is 51.2 Å². The van der Waals surface area contributed by atoms with Gasteiger partial charge in [0.25, 0.3) is 0 Å². The van der Waals surface area contributed by atoms with Gasteiger partial charge in [0.05, 0.1) is 12.5 Å². The number of hydrogen-bond donors (Lipinski definition) is 1. The zero-order valence-electron chi connectivity index (χ0n) is 12.9. The first-order chi connectivity index (χ1) is 10.7. The molecule has 0 unspecified atom stereocenters. The normalized spacial score (nSPS) is 15.2. The van der Waals surface area contributed by atoms with Gasteiger partial charge in [-0.1, -0.05) is 19.1 Å². The van der Waals surface area contributed by atoms with Crippen LogP contribution in [0.5, 0.6) is 5.75 Å². The Morgan fingerprint density at radius 3 is 2.59 bits per heavy atom. The molecule has 1 N–H and O–H groups in total. The molecule has 114 valence electrons. The number of anilines is 1. The number of carbonyl (C=O) groups excluding carboxylic acids is 1. The summed E-state index contributed by atoms with van der Waals surface area (Å²) in [5.74, 6) is 1.46. The highest BCUT2D eigenvalue weighted by Gasteiger charge is 2.51. The van der Waals surface area contributed by atoms with E-state index in [4.69, 9.17) is 4.74 Å². The largest absolute Gasteiger partial charge is 0.497 e. The summed E-state index contributed by atoms with van der Waals surface area (Å²) in [5, 5.41) is 2.97. The van der Waals surface area contributed by atoms with Gasteiger partial charge in [-0.25, -0.2) is 4.98 Å². The fourth-order valence-electron chi connectivity index (χ4n) is 2.68. The number of hydrogen-bond acceptors (Lipinski definition) is 3. The third kappa shape index (κ3) is 2.69. The van der Waals surface area contributed by atoms with E-state index >= 15 is 0 Å². The molecule has 1 heterocycles. The summed E-state index contributed by atoms with van der Waals surface area (Å²) in [5.41, 5.74) is 1.80. The van der Waals surface area contributed by atoms with Crippen molar-refractivity contribution in [2.45, 2.75) is 31.6 Å². The molecule has 1 aliphatic carbocycles. The van der Waals surface area contributed by atoms with Gasteiger partial charge in [-0.05, 0) is 54.7 Å². The molecule has 1 amide bonds. The lowest BCUT2D eigenvalue weighted by molar-refractivity contribution is -0.118. The van der Waals surface area contributed by atoms with E-state index < -0.39 is 5.41 Å². The zero-order chi connectivity index (χ0) is 15.6. The van der Waals surface area contributed by atoms with Crippen molar-refractivity contribution in [3.8, 4) is 5.75 Å². The number of aryl methyl sites for hydroxylation is 1. The van der Waals surface area contributed by atoms with E-state index in [9.17, 15) is 4.79 Å². The number of nitrogens with one attached hydrogen (secondary N) is 1. The van der Waals surface area contributed by atoms with Crippen LogP contribution in [0.25, 0.3) is 0 Å². The zero-order valence-corrected chi connectivity index (χ0v) is 12.9. The van der Waals surface area contributed by atoms with Crippen LogP contribution in [0.3, 0.4) is 0 Å². The fraction of sp³-hybridized carbons (Fsp3) is 0.333. The Balaban J connectivity index is 1.78. The molecule has 2 aromatic rings. The predicted octanol–water partition coefficient (Wildman–Crippen LogP) is 3.32. The van der Waals surface area contributed by atoms with Crippen LogP contribution in [-0.4, -0.2) is 18.0 Å². The first-order valence-electron chi connectivity index (χ1n) is 7.59. The van der Waals surface area contributed by atoms with Gasteiger partial charge >= 0.3 is 0 Å². The molecule has 1 aromatic heterocycles. The molecule has 4 heteroatoms. The first-order valence-corrected chi connectivity index (χ1v) is 7.59. The molecule has 1 fully saturated rings. The fourth-order valence-corrected chi connectivity index (χ4v) is 2.68. The highest BCUT2D eigenvalue weighted by atomic mass is 16.5. The van der Waals surface area contributed by atoms with Crippen LogP contribution in [0.1, 0.15) is 30.9 Å². The van der Waals surface area contributed by atoms with Gasteiger partial charge in [-0.3, -0.25) is 4.79 Å². The van der Waals surface area contributed by atoms with E-state index in [1.165, 1.54) is 5.56 Å². The van der Waals surface area contributed by atoms with Crippen molar-refractivity contribution in [3.63, 3.8) is 0 Å². The Morgan fingerprint density at radius 2 is 2.00 bits per heavy atom. The van der Waals surface area contributed by atoms with Gasteiger partial charge in [-0.2, -0.15) is 0 Å². The number of pyridine rings is 1. The van der Waals surface area contributed by atoms with Gasteiger partial charge in [0, 0.05) is 6.20 Å².